The molecule has 0 bridgehead atoms. The molecule has 0 aliphatic carbocycles. The maximum absolute atomic E-state index is 10.2. The first-order valence-electron chi connectivity index (χ1n) is 4.12. The smallest absolute Gasteiger partial charge is 0.145 e. The predicted octanol–water partition coefficient (Wildman–Crippen LogP) is 2.21. The minimum Gasteiger partial charge on any atom is -0.490 e. The highest BCUT2D eigenvalue weighted by atomic mass is 16.5. The first kappa shape index (κ1) is 9.52. The standard InChI is InChI=1S/C11H12O2/c1-10(9-12)7-8-13-11-5-3-2-4-6-11/h2-7,9H,8H2,1H3. The van der Waals surface area contributed by atoms with Gasteiger partial charge in [0.15, 0.2) is 0 Å². The Morgan fingerprint density at radius 2 is 2.08 bits per heavy atom. The third-order valence-corrected chi connectivity index (χ3v) is 1.58. The molecule has 1 aromatic carbocycles. The van der Waals surface area contributed by atoms with Crippen molar-refractivity contribution in [3.63, 3.8) is 0 Å². The Kier molecular flexibility index (Phi) is 3.76. The zero-order chi connectivity index (χ0) is 9.52. The predicted molar refractivity (Wildman–Crippen MR) is 51.8 cm³/mol. The first-order chi connectivity index (χ1) is 6.33. The van der Waals surface area contributed by atoms with Crippen molar-refractivity contribution in [3.05, 3.63) is 42.0 Å². The molecule has 0 fully saturated rings. The Labute approximate surface area is 77.8 Å². The fraction of sp³-hybridized carbons (Fsp3) is 0.182. The van der Waals surface area contributed by atoms with Gasteiger partial charge in [-0.15, -0.1) is 0 Å². The van der Waals surface area contributed by atoms with Crippen molar-refractivity contribution in [3.8, 4) is 5.75 Å². The van der Waals surface area contributed by atoms with Crippen molar-refractivity contribution < 1.29 is 9.53 Å². The maximum atomic E-state index is 10.2. The number of hydrogen-bond donors (Lipinski definition) is 0. The average Bonchev–Trinajstić information content (AvgIpc) is 2.19. The second-order valence-electron chi connectivity index (χ2n) is 2.69. The highest BCUT2D eigenvalue weighted by Crippen LogP contribution is 2.07. The maximum Gasteiger partial charge on any atom is 0.145 e. The number of benzene rings is 1. The van der Waals surface area contributed by atoms with Crippen molar-refractivity contribution in [1.82, 2.24) is 0 Å². The largest absolute Gasteiger partial charge is 0.490 e. The molecular formula is C11H12O2. The molecule has 0 saturated carbocycles. The van der Waals surface area contributed by atoms with E-state index in [-0.39, 0.29) is 0 Å². The van der Waals surface area contributed by atoms with Gasteiger partial charge in [0.25, 0.3) is 0 Å². The van der Waals surface area contributed by atoms with E-state index in [4.69, 9.17) is 4.74 Å². The highest BCUT2D eigenvalue weighted by molar-refractivity contribution is 5.71. The first-order valence-corrected chi connectivity index (χ1v) is 4.12. The van der Waals surface area contributed by atoms with E-state index in [2.05, 4.69) is 0 Å². The van der Waals surface area contributed by atoms with E-state index in [1.807, 2.05) is 30.3 Å². The van der Waals surface area contributed by atoms with Crippen LogP contribution in [0.1, 0.15) is 6.92 Å². The molecule has 0 radical (unpaired) electrons. The lowest BCUT2D eigenvalue weighted by molar-refractivity contribution is -0.104. The van der Waals surface area contributed by atoms with Crippen LogP contribution in [0, 0.1) is 0 Å². The van der Waals surface area contributed by atoms with Crippen molar-refractivity contribution in [2.75, 3.05) is 6.61 Å². The normalized spacial score (nSPS) is 11.0. The Morgan fingerprint density at radius 1 is 1.38 bits per heavy atom. The molecule has 68 valence electrons. The van der Waals surface area contributed by atoms with Crippen LogP contribution >= 0.6 is 0 Å². The van der Waals surface area contributed by atoms with Gasteiger partial charge in [0.1, 0.15) is 18.6 Å². The van der Waals surface area contributed by atoms with Crippen LogP contribution in [0.2, 0.25) is 0 Å². The van der Waals surface area contributed by atoms with Gasteiger partial charge in [-0.05, 0) is 30.7 Å². The van der Waals surface area contributed by atoms with Crippen molar-refractivity contribution >= 4 is 6.29 Å². The number of aldehydes is 1. The van der Waals surface area contributed by atoms with Crippen LogP contribution < -0.4 is 4.74 Å². The van der Waals surface area contributed by atoms with E-state index in [1.165, 1.54) is 0 Å². The topological polar surface area (TPSA) is 26.3 Å². The summed E-state index contributed by atoms with van der Waals surface area (Å²) in [5.41, 5.74) is 0.691. The lowest BCUT2D eigenvalue weighted by atomic mass is 10.3. The van der Waals surface area contributed by atoms with Gasteiger partial charge >= 0.3 is 0 Å². The summed E-state index contributed by atoms with van der Waals surface area (Å²) in [7, 11) is 0. The molecule has 0 aliphatic heterocycles. The van der Waals surface area contributed by atoms with Gasteiger partial charge in [-0.2, -0.15) is 0 Å². The zero-order valence-corrected chi connectivity index (χ0v) is 7.57. The van der Waals surface area contributed by atoms with Gasteiger partial charge in [0, 0.05) is 0 Å². The molecule has 1 rings (SSSR count). The molecule has 2 nitrogen and oxygen atoms in total. The molecule has 0 unspecified atom stereocenters. The van der Waals surface area contributed by atoms with Crippen LogP contribution in [0.25, 0.3) is 0 Å². The molecule has 0 atom stereocenters. The summed E-state index contributed by atoms with van der Waals surface area (Å²) in [6.45, 7) is 2.19. The van der Waals surface area contributed by atoms with Crippen molar-refractivity contribution in [2.24, 2.45) is 0 Å². The third kappa shape index (κ3) is 3.56. The molecule has 0 aromatic heterocycles. The van der Waals surface area contributed by atoms with Crippen LogP contribution in [0.4, 0.5) is 0 Å². The van der Waals surface area contributed by atoms with Gasteiger partial charge in [-0.25, -0.2) is 0 Å². The van der Waals surface area contributed by atoms with E-state index in [1.54, 1.807) is 13.0 Å². The SMILES string of the molecule is CC(C=O)=CCOc1ccccc1. The van der Waals surface area contributed by atoms with Crippen molar-refractivity contribution in [2.45, 2.75) is 6.92 Å². The quantitative estimate of drug-likeness (QED) is 0.519. The summed E-state index contributed by atoms with van der Waals surface area (Å²) in [6, 6.07) is 9.50. The number of carbonyl (C=O) groups is 1. The van der Waals surface area contributed by atoms with Crippen LogP contribution in [-0.2, 0) is 4.79 Å². The minimum absolute atomic E-state index is 0.439. The molecule has 0 heterocycles. The average molecular weight is 176 g/mol. The summed E-state index contributed by atoms with van der Waals surface area (Å²) in [5, 5.41) is 0. The van der Waals surface area contributed by atoms with Gasteiger partial charge in [0.05, 0.1) is 0 Å². The monoisotopic (exact) mass is 176 g/mol. The highest BCUT2D eigenvalue weighted by Gasteiger charge is 1.88. The molecule has 0 amide bonds. The zero-order valence-electron chi connectivity index (χ0n) is 7.57. The number of allylic oxidation sites excluding steroid dienone is 1. The summed E-state index contributed by atoms with van der Waals surface area (Å²) in [4.78, 5) is 10.2. The van der Waals surface area contributed by atoms with E-state index in [0.717, 1.165) is 12.0 Å². The van der Waals surface area contributed by atoms with Crippen LogP contribution in [-0.4, -0.2) is 12.9 Å². The Balaban J connectivity index is 2.40. The van der Waals surface area contributed by atoms with Gasteiger partial charge in [-0.3, -0.25) is 4.79 Å². The van der Waals surface area contributed by atoms with E-state index in [9.17, 15) is 4.79 Å². The third-order valence-electron chi connectivity index (χ3n) is 1.58. The second-order valence-corrected chi connectivity index (χ2v) is 2.69. The van der Waals surface area contributed by atoms with Crippen LogP contribution in [0.15, 0.2) is 42.0 Å². The fourth-order valence-electron chi connectivity index (χ4n) is 0.834. The van der Waals surface area contributed by atoms with Gasteiger partial charge < -0.3 is 4.74 Å². The number of para-hydroxylation sites is 1. The molecule has 13 heavy (non-hydrogen) atoms. The molecular weight excluding hydrogens is 164 g/mol. The van der Waals surface area contributed by atoms with E-state index < -0.39 is 0 Å². The van der Waals surface area contributed by atoms with E-state index in [0.29, 0.717) is 12.2 Å². The molecule has 0 aliphatic rings. The summed E-state index contributed by atoms with van der Waals surface area (Å²) < 4.78 is 5.34. The summed E-state index contributed by atoms with van der Waals surface area (Å²) in [6.07, 6.45) is 2.56. The lowest BCUT2D eigenvalue weighted by Crippen LogP contribution is -1.94. The number of ether oxygens (including phenoxy) is 1. The molecule has 0 spiro atoms. The second kappa shape index (κ2) is 5.14. The molecule has 0 N–H and O–H groups in total. The Bertz CT molecular complexity index is 288. The molecule has 2 heteroatoms. The van der Waals surface area contributed by atoms with Crippen LogP contribution in [0.3, 0.4) is 0 Å². The number of hydrogen-bond acceptors (Lipinski definition) is 2. The number of carbonyl (C=O) groups excluding carboxylic acids is 1. The summed E-state index contributed by atoms with van der Waals surface area (Å²) in [5.74, 6) is 0.817. The lowest BCUT2D eigenvalue weighted by Gasteiger charge is -2.01. The Morgan fingerprint density at radius 3 is 2.69 bits per heavy atom. The van der Waals surface area contributed by atoms with Gasteiger partial charge in [0.2, 0.25) is 0 Å². The molecule has 0 saturated heterocycles. The Hall–Kier alpha value is -1.57. The minimum atomic E-state index is 0.439. The fourth-order valence-corrected chi connectivity index (χ4v) is 0.834. The van der Waals surface area contributed by atoms with Crippen molar-refractivity contribution in [1.29, 1.82) is 0 Å². The van der Waals surface area contributed by atoms with Gasteiger partial charge in [-0.1, -0.05) is 18.2 Å². The van der Waals surface area contributed by atoms with Crippen LogP contribution in [0.5, 0.6) is 5.75 Å². The molecule has 1 aromatic rings. The summed E-state index contributed by atoms with van der Waals surface area (Å²) >= 11 is 0. The van der Waals surface area contributed by atoms with E-state index >= 15 is 0 Å². The number of rotatable bonds is 4.